The van der Waals surface area contributed by atoms with Crippen molar-refractivity contribution in [3.63, 3.8) is 0 Å². The van der Waals surface area contributed by atoms with E-state index in [1.807, 2.05) is 31.2 Å². The van der Waals surface area contributed by atoms with E-state index in [-0.39, 0.29) is 0 Å². The molecule has 4 nitrogen and oxygen atoms in total. The van der Waals surface area contributed by atoms with E-state index in [1.165, 1.54) is 5.56 Å². The van der Waals surface area contributed by atoms with Crippen LogP contribution in [0.2, 0.25) is 0 Å². The maximum absolute atomic E-state index is 8.74. The first-order valence-electron chi connectivity index (χ1n) is 6.76. The van der Waals surface area contributed by atoms with Crippen LogP contribution in [-0.2, 0) is 0 Å². The van der Waals surface area contributed by atoms with E-state index in [1.54, 1.807) is 18.3 Å². The molecule has 0 spiro atoms. The molecule has 0 fully saturated rings. The van der Waals surface area contributed by atoms with Gasteiger partial charge in [-0.3, -0.25) is 5.43 Å². The molecule has 0 aliphatic rings. The van der Waals surface area contributed by atoms with Crippen LogP contribution >= 0.6 is 12.2 Å². The van der Waals surface area contributed by atoms with Gasteiger partial charge in [0.25, 0.3) is 0 Å². The molecule has 0 heterocycles. The number of nitriles is 1. The largest absolute Gasteiger partial charge is 0.331 e. The Labute approximate surface area is 135 Å². The van der Waals surface area contributed by atoms with Crippen LogP contribution in [0.5, 0.6) is 0 Å². The Hall–Kier alpha value is -2.71. The molecular weight excluding hydrogens is 292 g/mol. The van der Waals surface area contributed by atoms with E-state index in [2.05, 4.69) is 34.9 Å². The number of anilines is 1. The number of rotatable bonds is 3. The summed E-state index contributed by atoms with van der Waals surface area (Å²) in [6.45, 7) is 4.10. The molecule has 5 heteroatoms. The Bertz CT molecular complexity index is 742. The lowest BCUT2D eigenvalue weighted by Crippen LogP contribution is -2.24. The molecule has 0 radical (unpaired) electrons. The maximum Gasteiger partial charge on any atom is 0.191 e. The lowest BCUT2D eigenvalue weighted by molar-refractivity contribution is 1.05. The number of benzene rings is 2. The van der Waals surface area contributed by atoms with E-state index in [0.29, 0.717) is 10.7 Å². The molecular formula is C17H16N4S. The summed E-state index contributed by atoms with van der Waals surface area (Å²) < 4.78 is 0. The monoisotopic (exact) mass is 308 g/mol. The fourth-order valence-corrected chi connectivity index (χ4v) is 2.01. The van der Waals surface area contributed by atoms with E-state index in [9.17, 15) is 0 Å². The molecule has 0 aliphatic carbocycles. The average molecular weight is 308 g/mol. The normalized spacial score (nSPS) is 10.2. The first-order chi connectivity index (χ1) is 10.6. The van der Waals surface area contributed by atoms with Gasteiger partial charge in [0, 0.05) is 5.69 Å². The fourth-order valence-electron chi connectivity index (χ4n) is 1.85. The third kappa shape index (κ3) is 4.14. The predicted molar refractivity (Wildman–Crippen MR) is 94.0 cm³/mol. The van der Waals surface area contributed by atoms with Crippen LogP contribution in [0.25, 0.3) is 0 Å². The van der Waals surface area contributed by atoms with Gasteiger partial charge in [-0.2, -0.15) is 10.4 Å². The second-order valence-corrected chi connectivity index (χ2v) is 5.21. The van der Waals surface area contributed by atoms with E-state index < -0.39 is 0 Å². The van der Waals surface area contributed by atoms with Crippen molar-refractivity contribution >= 4 is 29.2 Å². The van der Waals surface area contributed by atoms with Crippen LogP contribution in [0.3, 0.4) is 0 Å². The van der Waals surface area contributed by atoms with Crippen molar-refractivity contribution in [3.8, 4) is 6.07 Å². The number of nitrogens with zero attached hydrogens (tertiary/aromatic N) is 2. The quantitative estimate of drug-likeness (QED) is 0.517. The highest BCUT2D eigenvalue weighted by Crippen LogP contribution is 2.17. The summed E-state index contributed by atoms with van der Waals surface area (Å²) in [4.78, 5) is 0. The first-order valence-corrected chi connectivity index (χ1v) is 7.17. The minimum atomic E-state index is 0.429. The van der Waals surface area contributed by atoms with Gasteiger partial charge in [0.15, 0.2) is 5.11 Å². The maximum atomic E-state index is 8.74. The van der Waals surface area contributed by atoms with Gasteiger partial charge in [-0.1, -0.05) is 24.3 Å². The highest BCUT2D eigenvalue weighted by atomic mass is 32.1. The Balaban J connectivity index is 1.93. The van der Waals surface area contributed by atoms with Crippen LogP contribution in [0.1, 0.15) is 22.3 Å². The summed E-state index contributed by atoms with van der Waals surface area (Å²) >= 11 is 5.21. The van der Waals surface area contributed by atoms with Crippen molar-refractivity contribution in [2.24, 2.45) is 5.10 Å². The summed E-state index contributed by atoms with van der Waals surface area (Å²) in [5, 5.41) is 16.4. The molecule has 2 aromatic rings. The number of thiocarbonyl (C=S) groups is 1. The van der Waals surface area contributed by atoms with Crippen molar-refractivity contribution < 1.29 is 0 Å². The lowest BCUT2D eigenvalue weighted by Gasteiger charge is -2.11. The summed E-state index contributed by atoms with van der Waals surface area (Å²) in [5.41, 5.74) is 7.61. The third-order valence-electron chi connectivity index (χ3n) is 3.27. The second-order valence-electron chi connectivity index (χ2n) is 4.81. The summed E-state index contributed by atoms with van der Waals surface area (Å²) in [7, 11) is 0. The Kier molecular flexibility index (Phi) is 5.23. The van der Waals surface area contributed by atoms with E-state index in [4.69, 9.17) is 17.5 Å². The fraction of sp³-hybridized carbons (Fsp3) is 0.118. The molecule has 0 saturated heterocycles. The zero-order valence-corrected chi connectivity index (χ0v) is 13.2. The van der Waals surface area contributed by atoms with E-state index >= 15 is 0 Å². The minimum absolute atomic E-state index is 0.429. The van der Waals surface area contributed by atoms with Crippen LogP contribution in [0, 0.1) is 25.2 Å². The molecule has 0 bridgehead atoms. The topological polar surface area (TPSA) is 60.2 Å². The van der Waals surface area contributed by atoms with Crippen molar-refractivity contribution in [1.29, 1.82) is 5.26 Å². The Morgan fingerprint density at radius 2 is 1.91 bits per heavy atom. The minimum Gasteiger partial charge on any atom is -0.331 e. The van der Waals surface area contributed by atoms with Gasteiger partial charge in [-0.05, 0) is 61.0 Å². The average Bonchev–Trinajstić information content (AvgIpc) is 2.52. The van der Waals surface area contributed by atoms with Crippen molar-refractivity contribution in [2.45, 2.75) is 13.8 Å². The van der Waals surface area contributed by atoms with Crippen LogP contribution in [0.4, 0.5) is 5.69 Å². The molecule has 2 N–H and O–H groups in total. The van der Waals surface area contributed by atoms with Gasteiger partial charge in [0.2, 0.25) is 0 Å². The summed E-state index contributed by atoms with van der Waals surface area (Å²) in [5.74, 6) is 0. The summed E-state index contributed by atoms with van der Waals surface area (Å²) in [6, 6.07) is 15.2. The molecule has 110 valence electrons. The molecule has 0 aromatic heterocycles. The highest BCUT2D eigenvalue weighted by molar-refractivity contribution is 7.80. The predicted octanol–water partition coefficient (Wildman–Crippen LogP) is 3.50. The third-order valence-corrected chi connectivity index (χ3v) is 3.47. The Morgan fingerprint density at radius 1 is 1.18 bits per heavy atom. The molecule has 0 saturated carbocycles. The van der Waals surface area contributed by atoms with Crippen molar-refractivity contribution in [2.75, 3.05) is 5.32 Å². The molecule has 2 rings (SSSR count). The molecule has 0 atom stereocenters. The van der Waals surface area contributed by atoms with Gasteiger partial charge in [-0.25, -0.2) is 0 Å². The zero-order chi connectivity index (χ0) is 15.9. The molecule has 0 amide bonds. The zero-order valence-electron chi connectivity index (χ0n) is 12.4. The van der Waals surface area contributed by atoms with Gasteiger partial charge in [-0.15, -0.1) is 0 Å². The van der Waals surface area contributed by atoms with Crippen LogP contribution in [0.15, 0.2) is 47.6 Å². The SMILES string of the molecule is Cc1cccc(NC(=S)N/N=C/c2ccc(C#N)cc2)c1C. The van der Waals surface area contributed by atoms with Crippen LogP contribution in [-0.4, -0.2) is 11.3 Å². The van der Waals surface area contributed by atoms with Crippen molar-refractivity contribution in [3.05, 3.63) is 64.7 Å². The standard InChI is InChI=1S/C17H16N4S/c1-12-4-3-5-16(13(12)2)20-17(22)21-19-11-15-8-6-14(10-18)7-9-15/h3-9,11H,1-2H3,(H2,20,21,22)/b19-11+. The van der Waals surface area contributed by atoms with Gasteiger partial charge >= 0.3 is 0 Å². The lowest BCUT2D eigenvalue weighted by atomic mass is 10.1. The van der Waals surface area contributed by atoms with E-state index in [0.717, 1.165) is 16.8 Å². The smallest absolute Gasteiger partial charge is 0.191 e. The van der Waals surface area contributed by atoms with Gasteiger partial charge in [0.1, 0.15) is 0 Å². The number of hydrazone groups is 1. The van der Waals surface area contributed by atoms with Gasteiger partial charge in [0.05, 0.1) is 17.8 Å². The molecule has 0 aliphatic heterocycles. The number of nitrogens with one attached hydrogen (secondary N) is 2. The summed E-state index contributed by atoms with van der Waals surface area (Å²) in [6.07, 6.45) is 1.65. The van der Waals surface area contributed by atoms with Gasteiger partial charge < -0.3 is 5.32 Å². The first kappa shape index (κ1) is 15.7. The molecule has 0 unspecified atom stereocenters. The number of hydrogen-bond acceptors (Lipinski definition) is 3. The number of hydrogen-bond donors (Lipinski definition) is 2. The molecule has 2 aromatic carbocycles. The second kappa shape index (κ2) is 7.34. The Morgan fingerprint density at radius 3 is 2.59 bits per heavy atom. The molecule has 22 heavy (non-hydrogen) atoms. The highest BCUT2D eigenvalue weighted by Gasteiger charge is 2.01. The number of aryl methyl sites for hydroxylation is 1. The van der Waals surface area contributed by atoms with Crippen molar-refractivity contribution in [1.82, 2.24) is 5.43 Å². The van der Waals surface area contributed by atoms with Crippen LogP contribution < -0.4 is 10.7 Å².